The van der Waals surface area contributed by atoms with Crippen molar-refractivity contribution in [2.75, 3.05) is 0 Å². The molecule has 2 aromatic rings. The fourth-order valence-electron chi connectivity index (χ4n) is 1.82. The van der Waals surface area contributed by atoms with Gasteiger partial charge >= 0.3 is 0 Å². The van der Waals surface area contributed by atoms with E-state index in [0.29, 0.717) is 5.56 Å². The number of halogens is 5. The first-order chi connectivity index (χ1) is 9.43. The number of benzene rings is 2. The van der Waals surface area contributed by atoms with E-state index in [1.807, 2.05) is 0 Å². The smallest absolute Gasteiger partial charge is 0.200 e. The Morgan fingerprint density at radius 3 is 1.70 bits per heavy atom. The third kappa shape index (κ3) is 2.51. The summed E-state index contributed by atoms with van der Waals surface area (Å²) < 4.78 is 65.8. The molecule has 0 radical (unpaired) electrons. The Hall–Kier alpha value is -1.95. The molecule has 1 N–H and O–H groups in total. The average molecular weight is 288 g/mol. The van der Waals surface area contributed by atoms with Gasteiger partial charge in [-0.15, -0.1) is 0 Å². The van der Waals surface area contributed by atoms with Crippen LogP contribution in [0.3, 0.4) is 0 Å². The lowest BCUT2D eigenvalue weighted by molar-refractivity contribution is 0.174. The van der Waals surface area contributed by atoms with E-state index < -0.39 is 47.2 Å². The number of aliphatic hydroxyl groups excluding tert-OH is 1. The molecule has 1 unspecified atom stereocenters. The normalized spacial score (nSPS) is 12.5. The molecule has 0 amide bonds. The lowest BCUT2D eigenvalue weighted by Crippen LogP contribution is -2.11. The maximum atomic E-state index is 13.4. The quantitative estimate of drug-likeness (QED) is 0.519. The standard InChI is InChI=1S/C14H9F5O/c15-10-8(11(16)13(18)14(19)12(10)17)6-9(20)7-4-2-1-3-5-7/h1-5,9,20H,6H2. The van der Waals surface area contributed by atoms with E-state index in [9.17, 15) is 27.1 Å². The first-order valence-corrected chi connectivity index (χ1v) is 5.66. The second-order valence-electron chi connectivity index (χ2n) is 4.18. The second kappa shape index (κ2) is 5.58. The minimum Gasteiger partial charge on any atom is -0.388 e. The van der Waals surface area contributed by atoms with Gasteiger partial charge in [0.05, 0.1) is 6.10 Å². The van der Waals surface area contributed by atoms with Crippen LogP contribution in [0.4, 0.5) is 22.0 Å². The Labute approximate surface area is 111 Å². The Balaban J connectivity index is 2.40. The van der Waals surface area contributed by atoms with Crippen LogP contribution in [-0.2, 0) is 6.42 Å². The van der Waals surface area contributed by atoms with Gasteiger partial charge in [0, 0.05) is 12.0 Å². The van der Waals surface area contributed by atoms with Crippen molar-refractivity contribution < 1.29 is 27.1 Å². The highest BCUT2D eigenvalue weighted by Gasteiger charge is 2.27. The fraction of sp³-hybridized carbons (Fsp3) is 0.143. The van der Waals surface area contributed by atoms with Crippen molar-refractivity contribution >= 4 is 0 Å². The van der Waals surface area contributed by atoms with Gasteiger partial charge in [-0.1, -0.05) is 30.3 Å². The monoisotopic (exact) mass is 288 g/mol. The Kier molecular flexibility index (Phi) is 4.04. The Morgan fingerprint density at radius 1 is 0.750 bits per heavy atom. The van der Waals surface area contributed by atoms with Crippen molar-refractivity contribution in [3.05, 3.63) is 70.5 Å². The van der Waals surface area contributed by atoms with Crippen molar-refractivity contribution in [3.63, 3.8) is 0 Å². The van der Waals surface area contributed by atoms with E-state index in [2.05, 4.69) is 0 Å². The van der Waals surface area contributed by atoms with Crippen LogP contribution >= 0.6 is 0 Å². The summed E-state index contributed by atoms with van der Waals surface area (Å²) in [6.07, 6.45) is -2.08. The lowest BCUT2D eigenvalue weighted by Gasteiger charge is -2.13. The molecule has 1 atom stereocenters. The first kappa shape index (κ1) is 14.5. The van der Waals surface area contributed by atoms with Gasteiger partial charge in [-0.2, -0.15) is 0 Å². The first-order valence-electron chi connectivity index (χ1n) is 5.66. The van der Waals surface area contributed by atoms with Crippen LogP contribution < -0.4 is 0 Å². The second-order valence-corrected chi connectivity index (χ2v) is 4.18. The molecule has 6 heteroatoms. The van der Waals surface area contributed by atoms with Gasteiger partial charge in [0.25, 0.3) is 0 Å². The molecule has 0 saturated carbocycles. The number of rotatable bonds is 3. The van der Waals surface area contributed by atoms with Crippen molar-refractivity contribution in [2.45, 2.75) is 12.5 Å². The highest BCUT2D eigenvalue weighted by Crippen LogP contribution is 2.27. The van der Waals surface area contributed by atoms with Crippen LogP contribution in [0.1, 0.15) is 17.2 Å². The van der Waals surface area contributed by atoms with Crippen LogP contribution in [0.5, 0.6) is 0 Å². The SMILES string of the molecule is OC(Cc1c(F)c(F)c(F)c(F)c1F)c1ccccc1. The minimum atomic E-state index is -2.21. The third-order valence-corrected chi connectivity index (χ3v) is 2.88. The molecule has 2 aromatic carbocycles. The summed E-state index contributed by atoms with van der Waals surface area (Å²) in [4.78, 5) is 0. The molecule has 0 aliphatic carbocycles. The van der Waals surface area contributed by atoms with E-state index >= 15 is 0 Å². The van der Waals surface area contributed by atoms with Crippen LogP contribution in [-0.4, -0.2) is 5.11 Å². The van der Waals surface area contributed by atoms with Gasteiger partial charge in [-0.3, -0.25) is 0 Å². The molecule has 2 rings (SSSR count). The summed E-state index contributed by atoms with van der Waals surface area (Å²) in [7, 11) is 0. The fourth-order valence-corrected chi connectivity index (χ4v) is 1.82. The topological polar surface area (TPSA) is 20.2 Å². The maximum Gasteiger partial charge on any atom is 0.200 e. The van der Waals surface area contributed by atoms with E-state index in [1.165, 1.54) is 12.1 Å². The van der Waals surface area contributed by atoms with Crippen LogP contribution in [0, 0.1) is 29.1 Å². The maximum absolute atomic E-state index is 13.4. The summed E-state index contributed by atoms with van der Waals surface area (Å²) in [5.74, 6) is -10.1. The predicted molar refractivity (Wildman–Crippen MR) is 61.3 cm³/mol. The average Bonchev–Trinajstić information content (AvgIpc) is 2.48. The third-order valence-electron chi connectivity index (χ3n) is 2.88. The minimum absolute atomic E-state index is 0.316. The van der Waals surface area contributed by atoms with E-state index in [-0.39, 0.29) is 0 Å². The van der Waals surface area contributed by atoms with E-state index in [4.69, 9.17) is 0 Å². The largest absolute Gasteiger partial charge is 0.388 e. The van der Waals surface area contributed by atoms with Crippen molar-refractivity contribution in [3.8, 4) is 0 Å². The van der Waals surface area contributed by atoms with Gasteiger partial charge in [0.2, 0.25) is 5.82 Å². The highest BCUT2D eigenvalue weighted by atomic mass is 19.2. The molecule has 0 bridgehead atoms. The van der Waals surface area contributed by atoms with Crippen molar-refractivity contribution in [1.29, 1.82) is 0 Å². The van der Waals surface area contributed by atoms with Crippen LogP contribution in [0.25, 0.3) is 0 Å². The van der Waals surface area contributed by atoms with Crippen molar-refractivity contribution in [1.82, 2.24) is 0 Å². The summed E-state index contributed by atoms with van der Waals surface area (Å²) in [5.41, 5.74) is -0.714. The summed E-state index contributed by atoms with van der Waals surface area (Å²) in [6.45, 7) is 0. The summed E-state index contributed by atoms with van der Waals surface area (Å²) >= 11 is 0. The highest BCUT2D eigenvalue weighted by molar-refractivity contribution is 5.27. The number of hydrogen-bond donors (Lipinski definition) is 1. The Morgan fingerprint density at radius 2 is 1.20 bits per heavy atom. The van der Waals surface area contributed by atoms with Crippen LogP contribution in [0.2, 0.25) is 0 Å². The summed E-state index contributed by atoms with van der Waals surface area (Å²) in [5, 5.41) is 9.80. The van der Waals surface area contributed by atoms with Gasteiger partial charge < -0.3 is 5.11 Å². The molecular formula is C14H9F5O. The Bertz CT molecular complexity index is 598. The van der Waals surface area contributed by atoms with E-state index in [0.717, 1.165) is 0 Å². The van der Waals surface area contributed by atoms with E-state index in [1.54, 1.807) is 18.2 Å². The number of hydrogen-bond acceptors (Lipinski definition) is 1. The zero-order chi connectivity index (χ0) is 14.9. The molecule has 106 valence electrons. The zero-order valence-electron chi connectivity index (χ0n) is 10.0. The molecule has 0 aliphatic heterocycles. The van der Waals surface area contributed by atoms with Gasteiger partial charge in [-0.25, -0.2) is 22.0 Å². The zero-order valence-corrected chi connectivity index (χ0v) is 10.0. The number of aliphatic hydroxyl groups is 1. The molecule has 0 fully saturated rings. The molecule has 0 spiro atoms. The molecular weight excluding hydrogens is 279 g/mol. The van der Waals surface area contributed by atoms with Gasteiger partial charge in [-0.05, 0) is 5.56 Å². The van der Waals surface area contributed by atoms with Crippen LogP contribution in [0.15, 0.2) is 30.3 Å². The molecule has 1 nitrogen and oxygen atoms in total. The molecule has 0 aromatic heterocycles. The summed E-state index contributed by atoms with van der Waals surface area (Å²) in [6, 6.07) is 7.79. The molecule has 0 heterocycles. The molecule has 0 saturated heterocycles. The lowest BCUT2D eigenvalue weighted by atomic mass is 10.00. The predicted octanol–water partition coefficient (Wildman–Crippen LogP) is 3.66. The van der Waals surface area contributed by atoms with Gasteiger partial charge in [0.15, 0.2) is 23.3 Å². The molecule has 20 heavy (non-hydrogen) atoms. The van der Waals surface area contributed by atoms with Gasteiger partial charge in [0.1, 0.15) is 0 Å². The molecule has 0 aliphatic rings. The van der Waals surface area contributed by atoms with Crippen molar-refractivity contribution in [2.24, 2.45) is 0 Å².